The van der Waals surface area contributed by atoms with E-state index in [0.717, 1.165) is 55.4 Å². The van der Waals surface area contributed by atoms with E-state index in [2.05, 4.69) is 76.2 Å². The number of hydrogen-bond acceptors (Lipinski definition) is 4. The number of benzene rings is 4. The molecular formula is C36H30N2O2. The average molecular weight is 523 g/mol. The number of furan rings is 1. The van der Waals surface area contributed by atoms with Crippen LogP contribution in [0.3, 0.4) is 0 Å². The summed E-state index contributed by atoms with van der Waals surface area (Å²) in [5.41, 5.74) is 11.2. The second-order valence-electron chi connectivity index (χ2n) is 11.1. The molecule has 0 aliphatic heterocycles. The van der Waals surface area contributed by atoms with Gasteiger partial charge in [0.05, 0.1) is 5.69 Å². The predicted molar refractivity (Wildman–Crippen MR) is 164 cm³/mol. The number of oxazole rings is 1. The van der Waals surface area contributed by atoms with Crippen LogP contribution in [0.2, 0.25) is 0 Å². The van der Waals surface area contributed by atoms with Gasteiger partial charge in [-0.1, -0.05) is 76.2 Å². The molecule has 196 valence electrons. The Balaban J connectivity index is 1.26. The van der Waals surface area contributed by atoms with Gasteiger partial charge in [-0.25, -0.2) is 4.98 Å². The molecule has 4 aromatic carbocycles. The van der Waals surface area contributed by atoms with Crippen molar-refractivity contribution >= 4 is 33.0 Å². The molecular weight excluding hydrogens is 492 g/mol. The van der Waals surface area contributed by atoms with E-state index < -0.39 is 0 Å². The Morgan fingerprint density at radius 3 is 2.00 bits per heavy atom. The molecule has 0 aliphatic rings. The van der Waals surface area contributed by atoms with Gasteiger partial charge >= 0.3 is 0 Å². The fourth-order valence-corrected chi connectivity index (χ4v) is 5.66. The highest BCUT2D eigenvalue weighted by atomic mass is 16.4. The quantitative estimate of drug-likeness (QED) is 0.226. The fraction of sp³-hybridized carbons (Fsp3) is 0.167. The molecule has 0 spiro atoms. The van der Waals surface area contributed by atoms with E-state index in [-0.39, 0.29) is 0 Å². The van der Waals surface area contributed by atoms with Crippen LogP contribution in [0, 0.1) is 0 Å². The maximum atomic E-state index is 6.31. The maximum absolute atomic E-state index is 6.31. The second kappa shape index (κ2) is 9.49. The molecule has 0 saturated heterocycles. The largest absolute Gasteiger partial charge is 0.456 e. The van der Waals surface area contributed by atoms with E-state index in [1.54, 1.807) is 0 Å². The van der Waals surface area contributed by atoms with Crippen molar-refractivity contribution in [1.29, 1.82) is 0 Å². The summed E-state index contributed by atoms with van der Waals surface area (Å²) in [6, 6.07) is 31.2. The van der Waals surface area contributed by atoms with E-state index in [1.807, 2.05) is 48.7 Å². The van der Waals surface area contributed by atoms with Gasteiger partial charge in [-0.2, -0.15) is 0 Å². The van der Waals surface area contributed by atoms with E-state index >= 15 is 0 Å². The van der Waals surface area contributed by atoms with E-state index in [9.17, 15) is 0 Å². The van der Waals surface area contributed by atoms with Gasteiger partial charge < -0.3 is 8.83 Å². The number of rotatable bonds is 5. The molecule has 0 atom stereocenters. The van der Waals surface area contributed by atoms with Gasteiger partial charge in [0.25, 0.3) is 0 Å². The summed E-state index contributed by atoms with van der Waals surface area (Å²) in [5, 5.41) is 2.06. The van der Waals surface area contributed by atoms with Crippen LogP contribution < -0.4 is 0 Å². The van der Waals surface area contributed by atoms with Gasteiger partial charge in [-0.05, 0) is 64.9 Å². The molecule has 4 nitrogen and oxygen atoms in total. The minimum Gasteiger partial charge on any atom is -0.456 e. The number of pyridine rings is 1. The Hall–Kier alpha value is -4.70. The summed E-state index contributed by atoms with van der Waals surface area (Å²) < 4.78 is 12.4. The molecule has 0 N–H and O–H groups in total. The summed E-state index contributed by atoms with van der Waals surface area (Å²) in [5.74, 6) is 1.48. The van der Waals surface area contributed by atoms with Crippen molar-refractivity contribution in [1.82, 2.24) is 9.97 Å². The van der Waals surface area contributed by atoms with Gasteiger partial charge in [0.15, 0.2) is 5.58 Å². The van der Waals surface area contributed by atoms with Crippen LogP contribution >= 0.6 is 0 Å². The molecule has 0 unspecified atom stereocenters. The third kappa shape index (κ3) is 4.08. The summed E-state index contributed by atoms with van der Waals surface area (Å²) in [6.07, 6.45) is 2.01. The predicted octanol–water partition coefficient (Wildman–Crippen LogP) is 10.4. The first-order valence-corrected chi connectivity index (χ1v) is 13.9. The second-order valence-corrected chi connectivity index (χ2v) is 11.1. The first-order valence-electron chi connectivity index (χ1n) is 13.9. The minimum atomic E-state index is 0.436. The van der Waals surface area contributed by atoms with Crippen LogP contribution in [0.15, 0.2) is 106 Å². The molecule has 3 heterocycles. The maximum Gasteiger partial charge on any atom is 0.227 e. The van der Waals surface area contributed by atoms with Gasteiger partial charge in [-0.15, -0.1) is 0 Å². The molecule has 7 aromatic rings. The highest BCUT2D eigenvalue weighted by Gasteiger charge is 2.17. The van der Waals surface area contributed by atoms with Gasteiger partial charge in [0, 0.05) is 39.7 Å². The molecule has 0 amide bonds. The SMILES string of the molecule is CC(C)c1cccc(C(C)C)c1-c1ccc(-c2ccc3c(c2)oc2cc4nc(-c5ccccc5)oc4cc23)nc1. The lowest BCUT2D eigenvalue weighted by atomic mass is 9.85. The molecule has 40 heavy (non-hydrogen) atoms. The summed E-state index contributed by atoms with van der Waals surface area (Å²) in [7, 11) is 0. The van der Waals surface area contributed by atoms with Crippen molar-refractivity contribution in [2.45, 2.75) is 39.5 Å². The lowest BCUT2D eigenvalue weighted by Gasteiger charge is -2.20. The number of fused-ring (bicyclic) bond motifs is 4. The average Bonchev–Trinajstić information content (AvgIpc) is 3.56. The number of hydrogen-bond donors (Lipinski definition) is 0. The molecule has 0 saturated carbocycles. The Kier molecular flexibility index (Phi) is 5.78. The van der Waals surface area contributed by atoms with Crippen molar-refractivity contribution in [3.63, 3.8) is 0 Å². The third-order valence-corrected chi connectivity index (χ3v) is 7.72. The van der Waals surface area contributed by atoms with Gasteiger partial charge in [0.2, 0.25) is 5.89 Å². The minimum absolute atomic E-state index is 0.436. The molecule has 7 rings (SSSR count). The molecule has 0 fully saturated rings. The van der Waals surface area contributed by atoms with E-state index in [0.29, 0.717) is 17.7 Å². The molecule has 3 aromatic heterocycles. The van der Waals surface area contributed by atoms with Crippen LogP contribution in [-0.2, 0) is 0 Å². The lowest BCUT2D eigenvalue weighted by Crippen LogP contribution is -2.00. The van der Waals surface area contributed by atoms with Crippen molar-refractivity contribution in [3.05, 3.63) is 108 Å². The van der Waals surface area contributed by atoms with Gasteiger partial charge in [0.1, 0.15) is 16.7 Å². The van der Waals surface area contributed by atoms with Crippen molar-refractivity contribution < 1.29 is 8.83 Å². The van der Waals surface area contributed by atoms with Crippen molar-refractivity contribution in [2.24, 2.45) is 0 Å². The zero-order valence-electron chi connectivity index (χ0n) is 23.1. The first kappa shape index (κ1) is 24.3. The van der Waals surface area contributed by atoms with Crippen LogP contribution in [0.25, 0.3) is 66.9 Å². The smallest absolute Gasteiger partial charge is 0.227 e. The molecule has 0 radical (unpaired) electrons. The van der Waals surface area contributed by atoms with Crippen LogP contribution in [0.1, 0.15) is 50.7 Å². The monoisotopic (exact) mass is 522 g/mol. The highest BCUT2D eigenvalue weighted by Crippen LogP contribution is 2.38. The standard InChI is InChI=1S/C36H30N2O2/c1-21(2)26-11-8-12-27(22(3)4)35(26)25-14-16-30(37-20-25)24-13-15-28-29-18-34-31(19-33(29)39-32(28)17-24)38-36(40-34)23-9-6-5-7-10-23/h5-22H,1-4H3. The third-order valence-electron chi connectivity index (χ3n) is 7.72. The zero-order chi connectivity index (χ0) is 27.4. The summed E-state index contributed by atoms with van der Waals surface area (Å²) in [6.45, 7) is 9.01. The van der Waals surface area contributed by atoms with Crippen LogP contribution in [0.5, 0.6) is 0 Å². The van der Waals surface area contributed by atoms with Crippen molar-refractivity contribution in [2.75, 3.05) is 0 Å². The zero-order valence-corrected chi connectivity index (χ0v) is 23.1. The van der Waals surface area contributed by atoms with Crippen molar-refractivity contribution in [3.8, 4) is 33.8 Å². The van der Waals surface area contributed by atoms with E-state index in [1.165, 1.54) is 16.7 Å². The van der Waals surface area contributed by atoms with Crippen LogP contribution in [-0.4, -0.2) is 9.97 Å². The van der Waals surface area contributed by atoms with Crippen LogP contribution in [0.4, 0.5) is 0 Å². The highest BCUT2D eigenvalue weighted by molar-refractivity contribution is 6.09. The lowest BCUT2D eigenvalue weighted by molar-refractivity contribution is 0.620. The van der Waals surface area contributed by atoms with E-state index in [4.69, 9.17) is 18.8 Å². The number of nitrogens with zero attached hydrogens (tertiary/aromatic N) is 2. The molecule has 4 heteroatoms. The normalized spacial score (nSPS) is 11.9. The summed E-state index contributed by atoms with van der Waals surface area (Å²) >= 11 is 0. The summed E-state index contributed by atoms with van der Waals surface area (Å²) in [4.78, 5) is 9.59. The molecule has 0 bridgehead atoms. The fourth-order valence-electron chi connectivity index (χ4n) is 5.66. The Morgan fingerprint density at radius 1 is 0.575 bits per heavy atom. The topological polar surface area (TPSA) is 52.1 Å². The van der Waals surface area contributed by atoms with Gasteiger partial charge in [-0.3, -0.25) is 4.98 Å². The Bertz CT molecular complexity index is 1970. The number of aromatic nitrogens is 2. The Labute approximate surface area is 233 Å². The first-order chi connectivity index (χ1) is 19.5. The Morgan fingerprint density at radius 2 is 1.30 bits per heavy atom. The molecule has 0 aliphatic carbocycles.